The molecule has 2 aliphatic heterocycles. The Kier molecular flexibility index (Phi) is 10.3. The third-order valence-corrected chi connectivity index (χ3v) is 11.5. The van der Waals surface area contributed by atoms with Gasteiger partial charge in [0.1, 0.15) is 34.5 Å². The number of pyridine rings is 1. The number of nitrogens with zero attached hydrogens (tertiary/aromatic N) is 3. The van der Waals surface area contributed by atoms with E-state index >= 15 is 0 Å². The number of fused-ring (bicyclic) bond motifs is 1. The van der Waals surface area contributed by atoms with Crippen LogP contribution in [-0.4, -0.2) is 89.9 Å². The average Bonchev–Trinajstić information content (AvgIpc) is 3.60. The van der Waals surface area contributed by atoms with Gasteiger partial charge in [0.2, 0.25) is 10.9 Å². The monoisotopic (exact) mass is 747 g/mol. The molecule has 0 radical (unpaired) electrons. The van der Waals surface area contributed by atoms with Crippen molar-refractivity contribution < 1.29 is 34.2 Å². The molecule has 6 rings (SSSR count). The number of benzene rings is 2. The molecular weight excluding hydrogens is 719 g/mol. The van der Waals surface area contributed by atoms with Gasteiger partial charge in [0.05, 0.1) is 0 Å². The Morgan fingerprint density at radius 1 is 1.02 bits per heavy atom. The normalized spacial score (nSPS) is 17.2. The van der Waals surface area contributed by atoms with Crippen molar-refractivity contribution in [1.82, 2.24) is 36.0 Å². The van der Waals surface area contributed by atoms with E-state index in [-0.39, 0.29) is 39.1 Å². The molecule has 1 fully saturated rings. The van der Waals surface area contributed by atoms with Crippen molar-refractivity contribution in [3.63, 3.8) is 0 Å². The van der Waals surface area contributed by atoms with E-state index in [0.29, 0.717) is 15.6 Å². The number of carbonyl (C=O) groups is 5. The number of aryl methyl sites for hydroxylation is 1. The van der Waals surface area contributed by atoms with Crippen LogP contribution in [0.1, 0.15) is 37.3 Å². The minimum atomic E-state index is -1.39. The fourth-order valence-corrected chi connectivity index (χ4v) is 8.66. The van der Waals surface area contributed by atoms with Gasteiger partial charge in [0.25, 0.3) is 23.3 Å². The summed E-state index contributed by atoms with van der Waals surface area (Å²) in [7, 11) is 1.47. The van der Waals surface area contributed by atoms with Gasteiger partial charge in [-0.25, -0.2) is 4.79 Å². The minimum absolute atomic E-state index is 0.0873. The van der Waals surface area contributed by atoms with Crippen molar-refractivity contribution in [2.45, 2.75) is 28.7 Å². The van der Waals surface area contributed by atoms with E-state index < -0.39 is 52.6 Å². The Hall–Kier alpha value is -5.46. The van der Waals surface area contributed by atoms with Gasteiger partial charge in [-0.3, -0.25) is 28.9 Å². The van der Waals surface area contributed by atoms with Gasteiger partial charge in [0, 0.05) is 24.2 Å². The number of rotatable bonds is 11. The molecule has 2 aromatic heterocycles. The number of aromatic amines is 1. The van der Waals surface area contributed by atoms with Crippen LogP contribution in [0, 0.1) is 6.92 Å². The maximum atomic E-state index is 13.8. The zero-order chi connectivity index (χ0) is 36.4. The number of nitrogens with one attached hydrogen (secondary N) is 4. The SMILES string of the molecule is CNC(=O)c1nnc(SCC2=C(C(=O)O)N3C(=O)C(NC(=O)C(NC(=O)c4ccc(-c5ccc(C)cc5)[nH]c4=O)c4ccc(O)cc4)[C@@H]3SC2)s1. The van der Waals surface area contributed by atoms with Gasteiger partial charge in [-0.15, -0.1) is 22.0 Å². The average molecular weight is 748 g/mol. The molecule has 0 bridgehead atoms. The van der Waals surface area contributed by atoms with E-state index in [1.165, 1.54) is 60.9 Å². The van der Waals surface area contributed by atoms with Crippen LogP contribution in [0.2, 0.25) is 0 Å². The highest BCUT2D eigenvalue weighted by atomic mass is 32.2. The second-order valence-corrected chi connectivity index (χ2v) is 14.7. The molecule has 2 aliphatic rings. The molecule has 2 unspecified atom stereocenters. The van der Waals surface area contributed by atoms with Crippen molar-refractivity contribution in [2.75, 3.05) is 18.6 Å². The molecule has 2 aromatic carbocycles. The Labute approximate surface area is 301 Å². The van der Waals surface area contributed by atoms with Crippen LogP contribution in [0.15, 0.2) is 81.1 Å². The molecule has 0 aliphatic carbocycles. The molecule has 4 aromatic rings. The van der Waals surface area contributed by atoms with Crippen molar-refractivity contribution in [3.05, 3.63) is 104 Å². The Bertz CT molecular complexity index is 2130. The van der Waals surface area contributed by atoms with Crippen molar-refractivity contribution >= 4 is 64.5 Å². The smallest absolute Gasteiger partial charge is 0.352 e. The fourth-order valence-electron chi connectivity index (χ4n) is 5.38. The maximum absolute atomic E-state index is 13.8. The predicted molar refractivity (Wildman–Crippen MR) is 189 cm³/mol. The molecule has 51 heavy (non-hydrogen) atoms. The summed E-state index contributed by atoms with van der Waals surface area (Å²) in [6, 6.07) is 13.3. The van der Waals surface area contributed by atoms with E-state index in [4.69, 9.17) is 0 Å². The summed E-state index contributed by atoms with van der Waals surface area (Å²) < 4.78 is 0.449. The maximum Gasteiger partial charge on any atom is 0.352 e. The number of phenolic OH excluding ortho intramolecular Hbond substituents is 1. The summed E-state index contributed by atoms with van der Waals surface area (Å²) >= 11 is 3.50. The highest BCUT2D eigenvalue weighted by Crippen LogP contribution is 2.42. The quantitative estimate of drug-likeness (QED) is 0.0961. The van der Waals surface area contributed by atoms with Crippen LogP contribution in [-0.2, 0) is 14.4 Å². The Morgan fingerprint density at radius 3 is 2.41 bits per heavy atom. The van der Waals surface area contributed by atoms with E-state index in [1.807, 2.05) is 31.2 Å². The lowest BCUT2D eigenvalue weighted by atomic mass is 10.0. The molecule has 15 nitrogen and oxygen atoms in total. The summed E-state index contributed by atoms with van der Waals surface area (Å²) in [6.45, 7) is 1.93. The number of aromatic hydroxyl groups is 1. The molecule has 0 saturated carbocycles. The first-order valence-electron chi connectivity index (χ1n) is 15.2. The number of carboxylic acids is 1. The lowest BCUT2D eigenvalue weighted by Crippen LogP contribution is -2.71. The number of aromatic nitrogens is 3. The number of thioether (sulfide) groups is 2. The van der Waals surface area contributed by atoms with Gasteiger partial charge < -0.3 is 31.1 Å². The van der Waals surface area contributed by atoms with E-state index in [9.17, 15) is 39.0 Å². The standard InChI is InChI=1S/C33H29N7O8S3/c1-15-3-5-16(6-4-15)21-12-11-20(25(42)35-21)26(43)36-22(17-7-9-19(41)10-8-17)27(44)37-23-30(46)40-24(32(47)48)18(13-49-31(23)40)14-50-33-39-38-29(51-33)28(45)34-2/h3-12,22-23,31,41H,13-14H2,1-2H3,(H,34,45)(H,35,42)(H,36,43)(H,37,44)(H,47,48)/t22?,23?,31-/m0/s1. The number of β-lactam (4-membered cyclic amide) rings is 1. The van der Waals surface area contributed by atoms with Crippen LogP contribution < -0.4 is 21.5 Å². The highest BCUT2D eigenvalue weighted by molar-refractivity contribution is 8.01. The third kappa shape index (κ3) is 7.38. The Morgan fingerprint density at radius 2 is 1.75 bits per heavy atom. The fraction of sp³-hybridized carbons (Fsp3) is 0.212. The molecule has 3 atom stereocenters. The number of carboxylic acid groups (broad SMARTS) is 1. The number of aliphatic carboxylic acids is 1. The molecule has 4 heterocycles. The van der Waals surface area contributed by atoms with E-state index in [2.05, 4.69) is 31.1 Å². The Balaban J connectivity index is 1.18. The molecule has 6 N–H and O–H groups in total. The zero-order valence-electron chi connectivity index (χ0n) is 26.8. The van der Waals surface area contributed by atoms with Crippen LogP contribution >= 0.6 is 34.9 Å². The second kappa shape index (κ2) is 14.8. The molecule has 0 spiro atoms. The summed E-state index contributed by atoms with van der Waals surface area (Å²) in [6.07, 6.45) is 0. The minimum Gasteiger partial charge on any atom is -0.508 e. The molecule has 4 amide bonds. The summed E-state index contributed by atoms with van der Waals surface area (Å²) in [4.78, 5) is 81.5. The lowest BCUT2D eigenvalue weighted by Gasteiger charge is -2.49. The van der Waals surface area contributed by atoms with E-state index in [0.717, 1.165) is 27.4 Å². The van der Waals surface area contributed by atoms with Crippen LogP contribution in [0.5, 0.6) is 5.75 Å². The summed E-state index contributed by atoms with van der Waals surface area (Å²) in [5.41, 5.74) is 1.85. The number of phenols is 1. The first-order chi connectivity index (χ1) is 24.4. The first-order valence-corrected chi connectivity index (χ1v) is 18.1. The van der Waals surface area contributed by atoms with Gasteiger partial charge in [-0.2, -0.15) is 0 Å². The number of amides is 4. The number of hydrogen-bond donors (Lipinski definition) is 6. The van der Waals surface area contributed by atoms with Crippen LogP contribution in [0.3, 0.4) is 0 Å². The second-order valence-electron chi connectivity index (χ2n) is 11.4. The highest BCUT2D eigenvalue weighted by Gasteiger charge is 2.54. The van der Waals surface area contributed by atoms with Crippen molar-refractivity contribution in [1.29, 1.82) is 0 Å². The van der Waals surface area contributed by atoms with Crippen molar-refractivity contribution in [2.24, 2.45) is 0 Å². The number of hydrogen-bond acceptors (Lipinski definition) is 12. The topological polar surface area (TPSA) is 224 Å². The van der Waals surface area contributed by atoms with Gasteiger partial charge in [-0.1, -0.05) is 65.1 Å². The first kappa shape index (κ1) is 35.4. The van der Waals surface area contributed by atoms with Gasteiger partial charge in [0.15, 0.2) is 4.34 Å². The molecule has 262 valence electrons. The summed E-state index contributed by atoms with van der Waals surface area (Å²) in [5, 5.41) is 34.8. The predicted octanol–water partition coefficient (Wildman–Crippen LogP) is 2.27. The van der Waals surface area contributed by atoms with Crippen LogP contribution in [0.4, 0.5) is 0 Å². The van der Waals surface area contributed by atoms with Gasteiger partial charge >= 0.3 is 5.97 Å². The molecule has 18 heteroatoms. The molecular formula is C33H29N7O8S3. The van der Waals surface area contributed by atoms with Crippen LogP contribution in [0.25, 0.3) is 11.3 Å². The zero-order valence-corrected chi connectivity index (χ0v) is 29.3. The largest absolute Gasteiger partial charge is 0.508 e. The third-order valence-electron chi connectivity index (χ3n) is 8.03. The molecule has 1 saturated heterocycles. The lowest BCUT2D eigenvalue weighted by molar-refractivity contribution is -0.151. The van der Waals surface area contributed by atoms with Gasteiger partial charge in [-0.05, 0) is 47.9 Å². The summed E-state index contributed by atoms with van der Waals surface area (Å²) in [5.74, 6) is -3.69. The number of carbonyl (C=O) groups excluding carboxylic acids is 4. The van der Waals surface area contributed by atoms with Crippen molar-refractivity contribution in [3.8, 4) is 17.0 Å². The number of H-pyrrole nitrogens is 1. The van der Waals surface area contributed by atoms with E-state index in [1.54, 1.807) is 6.07 Å².